The molecule has 0 bridgehead atoms. The first-order valence-electron chi connectivity index (χ1n) is 22.6. The normalized spacial score (nSPS) is 13.4. The third-order valence-corrected chi connectivity index (χ3v) is 12.2. The third kappa shape index (κ3) is 8.36. The van der Waals surface area contributed by atoms with Crippen LogP contribution in [-0.4, -0.2) is 29.9 Å². The van der Waals surface area contributed by atoms with E-state index in [4.69, 9.17) is 29.9 Å². The monoisotopic (exact) mass is 848 g/mol. The van der Waals surface area contributed by atoms with E-state index in [0.717, 1.165) is 98.0 Å². The van der Waals surface area contributed by atoms with Gasteiger partial charge in [-0.25, -0.2) is 29.9 Å². The predicted molar refractivity (Wildman–Crippen MR) is 269 cm³/mol. The van der Waals surface area contributed by atoms with Gasteiger partial charge in [-0.1, -0.05) is 218 Å². The van der Waals surface area contributed by atoms with Gasteiger partial charge in [0.15, 0.2) is 34.9 Å². The Morgan fingerprint density at radius 3 is 1.23 bits per heavy atom. The number of nitrogens with zero attached hydrogens (tertiary/aromatic N) is 6. The minimum Gasteiger partial charge on any atom is -0.208 e. The largest absolute Gasteiger partial charge is 0.208 e. The summed E-state index contributed by atoms with van der Waals surface area (Å²) in [5.41, 5.74) is 14.7. The topological polar surface area (TPSA) is 77.3 Å². The molecule has 0 saturated heterocycles. The van der Waals surface area contributed by atoms with Crippen LogP contribution < -0.4 is 0 Å². The van der Waals surface area contributed by atoms with E-state index in [0.29, 0.717) is 34.9 Å². The molecule has 314 valence electrons. The van der Waals surface area contributed by atoms with Crippen LogP contribution in [0.15, 0.2) is 218 Å². The Morgan fingerprint density at radius 1 is 0.273 bits per heavy atom. The number of allylic oxidation sites excluding steroid dienone is 8. The van der Waals surface area contributed by atoms with Crippen molar-refractivity contribution in [3.05, 3.63) is 236 Å². The van der Waals surface area contributed by atoms with Gasteiger partial charge < -0.3 is 0 Å². The zero-order valence-corrected chi connectivity index (χ0v) is 36.3. The second-order valence-corrected chi connectivity index (χ2v) is 16.4. The standard InChI is InChI=1S/C60H44N6/c1-5-19-41(20-6-1)43-33-37-47(38-34-43)57-62-58(48-39-35-44(36-40-48)42-21-7-2-8-22-42)66-60(65-57)54-32-18-16-30-52(54)50-28-14-13-27-49(50)51-29-15-17-31-53(51)59-63-55(45-23-9-3-10-24-45)61-56(64-59)46-25-11-4-12-26-46/h1-3,5-11,13-15,17-29,31-40H,4,12,16,30H2. The summed E-state index contributed by atoms with van der Waals surface area (Å²) in [6.45, 7) is 0. The highest BCUT2D eigenvalue weighted by Crippen LogP contribution is 2.42. The molecule has 7 aromatic carbocycles. The van der Waals surface area contributed by atoms with Crippen LogP contribution in [0.1, 0.15) is 42.9 Å². The summed E-state index contributed by atoms with van der Waals surface area (Å²) >= 11 is 0. The van der Waals surface area contributed by atoms with Gasteiger partial charge in [0.1, 0.15) is 0 Å². The fourth-order valence-electron chi connectivity index (χ4n) is 8.81. The number of aromatic nitrogens is 6. The van der Waals surface area contributed by atoms with Crippen molar-refractivity contribution in [2.45, 2.75) is 25.7 Å². The molecule has 0 saturated carbocycles. The van der Waals surface area contributed by atoms with Crippen molar-refractivity contribution in [2.24, 2.45) is 0 Å². The first kappa shape index (κ1) is 40.3. The molecule has 11 rings (SSSR count). The average molecular weight is 849 g/mol. The molecular weight excluding hydrogens is 805 g/mol. The molecule has 2 heterocycles. The molecule has 66 heavy (non-hydrogen) atoms. The van der Waals surface area contributed by atoms with Crippen LogP contribution in [0.3, 0.4) is 0 Å². The number of rotatable bonds is 10. The van der Waals surface area contributed by atoms with Crippen molar-refractivity contribution < 1.29 is 0 Å². The lowest BCUT2D eigenvalue weighted by atomic mass is 9.85. The Balaban J connectivity index is 1.05. The van der Waals surface area contributed by atoms with E-state index in [1.54, 1.807) is 0 Å². The van der Waals surface area contributed by atoms with Crippen LogP contribution in [0.5, 0.6) is 0 Å². The minimum atomic E-state index is 0.619. The SMILES string of the molecule is C1=CC(c2nc(-c3ccccc3)nc(-c3ccccc3-c3ccccc3C3=C(c4nc(-c5ccc(-c6ccccc6)cc5)nc(-c5ccc(-c6ccccc6)cc5)n4)C=CCC3)n2)=CCC1. The van der Waals surface area contributed by atoms with Gasteiger partial charge in [0.2, 0.25) is 0 Å². The van der Waals surface area contributed by atoms with Gasteiger partial charge in [-0.2, -0.15) is 0 Å². The Morgan fingerprint density at radius 2 is 0.667 bits per heavy atom. The molecule has 2 aromatic heterocycles. The fraction of sp³-hybridized carbons (Fsp3) is 0.0667. The minimum absolute atomic E-state index is 0.619. The molecule has 6 nitrogen and oxygen atoms in total. The van der Waals surface area contributed by atoms with Crippen molar-refractivity contribution in [2.75, 3.05) is 0 Å². The van der Waals surface area contributed by atoms with Gasteiger partial charge in [-0.3, -0.25) is 0 Å². The highest BCUT2D eigenvalue weighted by Gasteiger charge is 2.23. The molecule has 2 aliphatic carbocycles. The van der Waals surface area contributed by atoms with Crippen LogP contribution >= 0.6 is 0 Å². The molecule has 0 radical (unpaired) electrons. The van der Waals surface area contributed by atoms with Gasteiger partial charge >= 0.3 is 0 Å². The molecule has 9 aromatic rings. The van der Waals surface area contributed by atoms with Crippen LogP contribution in [-0.2, 0) is 0 Å². The second kappa shape index (κ2) is 18.3. The Labute approximate surface area is 385 Å². The highest BCUT2D eigenvalue weighted by atomic mass is 15.0. The van der Waals surface area contributed by atoms with Gasteiger partial charge in [0, 0.05) is 33.4 Å². The molecule has 0 spiro atoms. The summed E-state index contributed by atoms with van der Waals surface area (Å²) in [5.74, 6) is 3.82. The molecule has 0 atom stereocenters. The van der Waals surface area contributed by atoms with Crippen molar-refractivity contribution in [1.29, 1.82) is 0 Å². The van der Waals surface area contributed by atoms with Gasteiger partial charge in [0.25, 0.3) is 0 Å². The van der Waals surface area contributed by atoms with Crippen LogP contribution in [0, 0.1) is 0 Å². The van der Waals surface area contributed by atoms with Gasteiger partial charge in [0.05, 0.1) is 0 Å². The lowest BCUT2D eigenvalue weighted by Gasteiger charge is -2.21. The lowest BCUT2D eigenvalue weighted by Crippen LogP contribution is -2.06. The van der Waals surface area contributed by atoms with E-state index < -0.39 is 0 Å². The Hall–Kier alpha value is -8.48. The molecule has 0 fully saturated rings. The number of hydrogen-bond donors (Lipinski definition) is 0. The van der Waals surface area contributed by atoms with Crippen molar-refractivity contribution >= 4 is 16.7 Å². The smallest absolute Gasteiger partial charge is 0.164 e. The van der Waals surface area contributed by atoms with E-state index in [1.807, 2.05) is 30.3 Å². The Bertz CT molecular complexity index is 3220. The number of benzene rings is 7. The molecule has 0 unspecified atom stereocenters. The highest BCUT2D eigenvalue weighted by molar-refractivity contribution is 6.00. The molecular formula is C60H44N6. The summed E-state index contributed by atoms with van der Waals surface area (Å²) in [4.78, 5) is 31.1. The van der Waals surface area contributed by atoms with E-state index in [9.17, 15) is 0 Å². The Kier molecular flexibility index (Phi) is 11.2. The van der Waals surface area contributed by atoms with Gasteiger partial charge in [-0.05, 0) is 70.2 Å². The summed E-state index contributed by atoms with van der Waals surface area (Å²) in [6.07, 6.45) is 14.6. The van der Waals surface area contributed by atoms with Crippen LogP contribution in [0.2, 0.25) is 0 Å². The average Bonchev–Trinajstić information content (AvgIpc) is 3.41. The quantitative estimate of drug-likeness (QED) is 0.136. The van der Waals surface area contributed by atoms with Gasteiger partial charge in [-0.15, -0.1) is 0 Å². The fourth-order valence-corrected chi connectivity index (χ4v) is 8.81. The molecule has 0 N–H and O–H groups in total. The predicted octanol–water partition coefficient (Wildman–Crippen LogP) is 14.7. The maximum atomic E-state index is 5.29. The molecule has 0 aliphatic heterocycles. The number of hydrogen-bond acceptors (Lipinski definition) is 6. The molecule has 0 amide bonds. The van der Waals surface area contributed by atoms with Crippen molar-refractivity contribution in [3.63, 3.8) is 0 Å². The first-order chi connectivity index (χ1) is 32.7. The maximum Gasteiger partial charge on any atom is 0.164 e. The first-order valence-corrected chi connectivity index (χ1v) is 22.6. The van der Waals surface area contributed by atoms with Crippen molar-refractivity contribution in [1.82, 2.24) is 29.9 Å². The van der Waals surface area contributed by atoms with Crippen molar-refractivity contribution in [3.8, 4) is 78.9 Å². The van der Waals surface area contributed by atoms with Crippen LogP contribution in [0.25, 0.3) is 95.7 Å². The van der Waals surface area contributed by atoms with E-state index in [-0.39, 0.29) is 0 Å². The summed E-state index contributed by atoms with van der Waals surface area (Å²) in [5, 5.41) is 0. The second-order valence-electron chi connectivity index (χ2n) is 16.4. The summed E-state index contributed by atoms with van der Waals surface area (Å²) < 4.78 is 0. The van der Waals surface area contributed by atoms with E-state index in [2.05, 4.69) is 188 Å². The van der Waals surface area contributed by atoms with E-state index >= 15 is 0 Å². The maximum absolute atomic E-state index is 5.29. The molecule has 2 aliphatic rings. The third-order valence-electron chi connectivity index (χ3n) is 12.2. The summed E-state index contributed by atoms with van der Waals surface area (Å²) in [6, 6.07) is 65.1. The summed E-state index contributed by atoms with van der Waals surface area (Å²) in [7, 11) is 0. The molecule has 6 heteroatoms. The zero-order chi connectivity index (χ0) is 44.1. The lowest BCUT2D eigenvalue weighted by molar-refractivity contribution is 1.01. The van der Waals surface area contributed by atoms with Crippen LogP contribution in [0.4, 0.5) is 0 Å². The zero-order valence-electron chi connectivity index (χ0n) is 36.3. The van der Waals surface area contributed by atoms with E-state index in [1.165, 1.54) is 5.57 Å².